The van der Waals surface area contributed by atoms with Crippen molar-refractivity contribution in [1.82, 2.24) is 4.90 Å². The Morgan fingerprint density at radius 2 is 1.94 bits per heavy atom. The standard InChI is InChI=1S/C14H20Cl2FN/c1-3-12(4-2)18(9-8-15)10-11-6-5-7-13(16)14(11)17/h5-7,12H,3-4,8-10H2,1-2H3. The number of alkyl halides is 1. The third-order valence-corrected chi connectivity index (χ3v) is 3.70. The summed E-state index contributed by atoms with van der Waals surface area (Å²) in [5.41, 5.74) is 0.638. The van der Waals surface area contributed by atoms with E-state index in [0.29, 0.717) is 24.0 Å². The van der Waals surface area contributed by atoms with Crippen molar-refractivity contribution >= 4 is 23.2 Å². The first-order chi connectivity index (χ1) is 8.63. The number of benzene rings is 1. The highest BCUT2D eigenvalue weighted by Gasteiger charge is 2.17. The maximum Gasteiger partial charge on any atom is 0.146 e. The van der Waals surface area contributed by atoms with Crippen molar-refractivity contribution in [3.05, 3.63) is 34.6 Å². The molecular weight excluding hydrogens is 272 g/mol. The van der Waals surface area contributed by atoms with Gasteiger partial charge in [0.15, 0.2) is 0 Å². The van der Waals surface area contributed by atoms with Crippen LogP contribution >= 0.6 is 23.2 Å². The number of hydrogen-bond donors (Lipinski definition) is 0. The minimum atomic E-state index is -0.315. The van der Waals surface area contributed by atoms with Gasteiger partial charge in [-0.2, -0.15) is 0 Å². The zero-order valence-electron chi connectivity index (χ0n) is 10.9. The topological polar surface area (TPSA) is 3.24 Å². The van der Waals surface area contributed by atoms with E-state index in [9.17, 15) is 4.39 Å². The Hall–Kier alpha value is -0.310. The zero-order valence-corrected chi connectivity index (χ0v) is 12.4. The average Bonchev–Trinajstić information content (AvgIpc) is 2.36. The second kappa shape index (κ2) is 7.98. The summed E-state index contributed by atoms with van der Waals surface area (Å²) in [7, 11) is 0. The van der Waals surface area contributed by atoms with Gasteiger partial charge in [-0.3, -0.25) is 4.90 Å². The van der Waals surface area contributed by atoms with Crippen molar-refractivity contribution in [3.63, 3.8) is 0 Å². The summed E-state index contributed by atoms with van der Waals surface area (Å²) in [5.74, 6) is 0.239. The molecule has 0 atom stereocenters. The number of hydrogen-bond acceptors (Lipinski definition) is 1. The summed E-state index contributed by atoms with van der Waals surface area (Å²) in [6, 6.07) is 5.57. The molecule has 18 heavy (non-hydrogen) atoms. The Morgan fingerprint density at radius 3 is 2.50 bits per heavy atom. The van der Waals surface area contributed by atoms with Crippen LogP contribution in [-0.4, -0.2) is 23.4 Å². The van der Waals surface area contributed by atoms with Crippen molar-refractivity contribution in [2.24, 2.45) is 0 Å². The fourth-order valence-corrected chi connectivity index (χ4v) is 2.60. The van der Waals surface area contributed by atoms with Crippen molar-refractivity contribution in [3.8, 4) is 0 Å². The van der Waals surface area contributed by atoms with Gasteiger partial charge in [-0.15, -0.1) is 11.6 Å². The zero-order chi connectivity index (χ0) is 13.5. The molecule has 0 aliphatic carbocycles. The first kappa shape index (κ1) is 15.7. The van der Waals surface area contributed by atoms with Gasteiger partial charge in [-0.25, -0.2) is 4.39 Å². The fourth-order valence-electron chi connectivity index (χ4n) is 2.19. The Bertz CT molecular complexity index is 367. The average molecular weight is 292 g/mol. The summed E-state index contributed by atoms with van der Waals surface area (Å²) in [4.78, 5) is 2.22. The molecule has 1 rings (SSSR count). The lowest BCUT2D eigenvalue weighted by Crippen LogP contribution is -2.35. The van der Waals surface area contributed by atoms with Crippen LogP contribution in [0.2, 0.25) is 5.02 Å². The van der Waals surface area contributed by atoms with Crippen LogP contribution in [0.15, 0.2) is 18.2 Å². The predicted octanol–water partition coefficient (Wildman–Crippen LogP) is 4.71. The number of halogens is 3. The smallest absolute Gasteiger partial charge is 0.146 e. The van der Waals surface area contributed by atoms with Gasteiger partial charge in [-0.05, 0) is 18.9 Å². The maximum absolute atomic E-state index is 13.9. The highest BCUT2D eigenvalue weighted by atomic mass is 35.5. The van der Waals surface area contributed by atoms with E-state index in [4.69, 9.17) is 23.2 Å². The molecule has 1 aromatic rings. The summed E-state index contributed by atoms with van der Waals surface area (Å²) in [6.07, 6.45) is 2.07. The first-order valence-electron chi connectivity index (χ1n) is 6.36. The monoisotopic (exact) mass is 291 g/mol. The van der Waals surface area contributed by atoms with Crippen LogP contribution in [-0.2, 0) is 6.54 Å². The molecule has 4 heteroatoms. The van der Waals surface area contributed by atoms with Crippen molar-refractivity contribution in [1.29, 1.82) is 0 Å². The molecule has 1 aromatic carbocycles. The van der Waals surface area contributed by atoms with Crippen molar-refractivity contribution < 1.29 is 4.39 Å². The number of nitrogens with zero attached hydrogens (tertiary/aromatic N) is 1. The molecule has 0 aliphatic rings. The van der Waals surface area contributed by atoms with E-state index in [2.05, 4.69) is 18.7 Å². The molecule has 0 unspecified atom stereocenters. The van der Waals surface area contributed by atoms with Crippen LogP contribution in [0.3, 0.4) is 0 Å². The van der Waals surface area contributed by atoms with E-state index in [-0.39, 0.29) is 10.8 Å². The highest BCUT2D eigenvalue weighted by molar-refractivity contribution is 6.30. The first-order valence-corrected chi connectivity index (χ1v) is 7.28. The summed E-state index contributed by atoms with van der Waals surface area (Å²) >= 11 is 11.6. The lowest BCUT2D eigenvalue weighted by molar-refractivity contribution is 0.186. The third-order valence-electron chi connectivity index (χ3n) is 3.24. The van der Waals surface area contributed by atoms with Crippen LogP contribution in [0, 0.1) is 5.82 Å². The molecule has 0 fully saturated rings. The second-order valence-corrected chi connectivity index (χ2v) is 5.13. The van der Waals surface area contributed by atoms with Gasteiger partial charge in [0.05, 0.1) is 5.02 Å². The minimum Gasteiger partial charge on any atom is -0.295 e. The van der Waals surface area contributed by atoms with Gasteiger partial charge in [-0.1, -0.05) is 37.6 Å². The summed E-state index contributed by atoms with van der Waals surface area (Å²) in [6.45, 7) is 5.61. The van der Waals surface area contributed by atoms with Gasteiger partial charge >= 0.3 is 0 Å². The van der Waals surface area contributed by atoms with E-state index >= 15 is 0 Å². The van der Waals surface area contributed by atoms with E-state index in [1.807, 2.05) is 0 Å². The van der Waals surface area contributed by atoms with Gasteiger partial charge in [0.25, 0.3) is 0 Å². The van der Waals surface area contributed by atoms with E-state index in [1.165, 1.54) is 0 Å². The lowest BCUT2D eigenvalue weighted by atomic mass is 10.1. The molecule has 0 spiro atoms. The Labute approximate surface area is 119 Å². The predicted molar refractivity (Wildman–Crippen MR) is 76.9 cm³/mol. The number of rotatable bonds is 7. The molecule has 0 heterocycles. The van der Waals surface area contributed by atoms with Crippen LogP contribution in [0.4, 0.5) is 4.39 Å². The Kier molecular flexibility index (Phi) is 6.98. The SMILES string of the molecule is CCC(CC)N(CCCl)Cc1cccc(Cl)c1F. The van der Waals surface area contributed by atoms with Gasteiger partial charge in [0, 0.05) is 30.6 Å². The Balaban J connectivity index is 2.85. The largest absolute Gasteiger partial charge is 0.295 e. The molecule has 0 N–H and O–H groups in total. The second-order valence-electron chi connectivity index (χ2n) is 4.34. The maximum atomic E-state index is 13.9. The van der Waals surface area contributed by atoms with E-state index in [1.54, 1.807) is 18.2 Å². The summed E-state index contributed by atoms with van der Waals surface area (Å²) < 4.78 is 13.9. The Morgan fingerprint density at radius 1 is 1.28 bits per heavy atom. The molecule has 0 aromatic heterocycles. The lowest BCUT2D eigenvalue weighted by Gasteiger charge is -2.30. The fraction of sp³-hybridized carbons (Fsp3) is 0.571. The molecule has 0 saturated carbocycles. The molecule has 0 bridgehead atoms. The summed E-state index contributed by atoms with van der Waals surface area (Å²) in [5, 5.41) is 0.183. The van der Waals surface area contributed by atoms with Gasteiger partial charge in [0.1, 0.15) is 5.82 Å². The molecule has 102 valence electrons. The molecular formula is C14H20Cl2FN. The molecule has 0 saturated heterocycles. The molecule has 0 radical (unpaired) electrons. The highest BCUT2D eigenvalue weighted by Crippen LogP contribution is 2.21. The van der Waals surface area contributed by atoms with Crippen LogP contribution < -0.4 is 0 Å². The van der Waals surface area contributed by atoms with E-state index < -0.39 is 0 Å². The molecule has 1 nitrogen and oxygen atoms in total. The minimum absolute atomic E-state index is 0.183. The van der Waals surface area contributed by atoms with Crippen molar-refractivity contribution in [2.45, 2.75) is 39.3 Å². The molecule has 0 aliphatic heterocycles. The van der Waals surface area contributed by atoms with Crippen LogP contribution in [0.25, 0.3) is 0 Å². The van der Waals surface area contributed by atoms with Gasteiger partial charge < -0.3 is 0 Å². The van der Waals surface area contributed by atoms with Gasteiger partial charge in [0.2, 0.25) is 0 Å². The van der Waals surface area contributed by atoms with Crippen LogP contribution in [0.5, 0.6) is 0 Å². The quantitative estimate of drug-likeness (QED) is 0.658. The van der Waals surface area contributed by atoms with Crippen LogP contribution in [0.1, 0.15) is 32.3 Å². The van der Waals surface area contributed by atoms with Crippen molar-refractivity contribution in [2.75, 3.05) is 12.4 Å². The third kappa shape index (κ3) is 4.11. The van der Waals surface area contributed by atoms with E-state index in [0.717, 1.165) is 19.4 Å². The molecule has 0 amide bonds. The normalized spacial score (nSPS) is 11.5.